The quantitative estimate of drug-likeness (QED) is 0.781. The van der Waals surface area contributed by atoms with E-state index in [2.05, 4.69) is 49.0 Å². The number of rotatable bonds is 5. The van der Waals surface area contributed by atoms with E-state index in [0.717, 1.165) is 25.2 Å². The number of aromatic nitrogens is 2. The summed E-state index contributed by atoms with van der Waals surface area (Å²) in [5.74, 6) is 0. The van der Waals surface area contributed by atoms with Crippen LogP contribution in [0.3, 0.4) is 0 Å². The first kappa shape index (κ1) is 11.2. The van der Waals surface area contributed by atoms with Gasteiger partial charge in [0.15, 0.2) is 0 Å². The standard InChI is InChI=1S/C11H21N3/c1-5-9(3)14-8-11(7-12-6-2)10(4)13-14/h8-9,12H,5-7H2,1-4H3. The van der Waals surface area contributed by atoms with Crippen LogP contribution in [0.15, 0.2) is 6.20 Å². The zero-order chi connectivity index (χ0) is 10.6. The van der Waals surface area contributed by atoms with Gasteiger partial charge in [-0.05, 0) is 26.8 Å². The Hall–Kier alpha value is -0.830. The lowest BCUT2D eigenvalue weighted by Gasteiger charge is -2.07. The molecule has 0 spiro atoms. The van der Waals surface area contributed by atoms with Gasteiger partial charge < -0.3 is 5.32 Å². The van der Waals surface area contributed by atoms with Crippen molar-refractivity contribution in [2.24, 2.45) is 0 Å². The van der Waals surface area contributed by atoms with Crippen LogP contribution in [0, 0.1) is 6.92 Å². The van der Waals surface area contributed by atoms with Gasteiger partial charge in [0.05, 0.1) is 5.69 Å². The number of nitrogens with zero attached hydrogens (tertiary/aromatic N) is 2. The van der Waals surface area contributed by atoms with E-state index in [4.69, 9.17) is 0 Å². The maximum absolute atomic E-state index is 4.51. The predicted molar refractivity (Wildman–Crippen MR) is 59.3 cm³/mol. The van der Waals surface area contributed by atoms with Gasteiger partial charge in [-0.2, -0.15) is 5.10 Å². The van der Waals surface area contributed by atoms with Crippen molar-refractivity contribution in [2.75, 3.05) is 6.54 Å². The zero-order valence-corrected chi connectivity index (χ0v) is 9.67. The molecule has 1 N–H and O–H groups in total. The molecule has 0 amide bonds. The third-order valence-corrected chi connectivity index (χ3v) is 2.63. The molecule has 1 heterocycles. The van der Waals surface area contributed by atoms with Gasteiger partial charge in [-0.1, -0.05) is 13.8 Å². The summed E-state index contributed by atoms with van der Waals surface area (Å²) >= 11 is 0. The summed E-state index contributed by atoms with van der Waals surface area (Å²) in [7, 11) is 0. The third-order valence-electron chi connectivity index (χ3n) is 2.63. The summed E-state index contributed by atoms with van der Waals surface area (Å²) in [4.78, 5) is 0. The Balaban J connectivity index is 2.71. The summed E-state index contributed by atoms with van der Waals surface area (Å²) in [5.41, 5.74) is 2.46. The maximum Gasteiger partial charge on any atom is 0.0638 e. The Bertz CT molecular complexity index is 278. The minimum absolute atomic E-state index is 0.504. The van der Waals surface area contributed by atoms with Crippen molar-refractivity contribution in [3.63, 3.8) is 0 Å². The molecule has 80 valence electrons. The molecule has 1 unspecified atom stereocenters. The Labute approximate surface area is 86.5 Å². The van der Waals surface area contributed by atoms with Crippen molar-refractivity contribution in [3.8, 4) is 0 Å². The van der Waals surface area contributed by atoms with Crippen LogP contribution in [0.4, 0.5) is 0 Å². The number of hydrogen-bond acceptors (Lipinski definition) is 2. The Morgan fingerprint density at radius 2 is 2.21 bits per heavy atom. The number of nitrogens with one attached hydrogen (secondary N) is 1. The lowest BCUT2D eigenvalue weighted by molar-refractivity contribution is 0.475. The highest BCUT2D eigenvalue weighted by Crippen LogP contribution is 2.13. The SMILES string of the molecule is CCNCc1cn(C(C)CC)nc1C. The van der Waals surface area contributed by atoms with Crippen LogP contribution in [-0.2, 0) is 6.54 Å². The van der Waals surface area contributed by atoms with Crippen LogP contribution in [0.2, 0.25) is 0 Å². The Morgan fingerprint density at radius 1 is 1.50 bits per heavy atom. The Kier molecular flexibility index (Phi) is 4.14. The van der Waals surface area contributed by atoms with Crippen LogP contribution in [0.25, 0.3) is 0 Å². The molecule has 0 aromatic carbocycles. The van der Waals surface area contributed by atoms with E-state index in [0.29, 0.717) is 6.04 Å². The molecule has 1 aromatic heterocycles. The summed E-state index contributed by atoms with van der Waals surface area (Å²) in [6.45, 7) is 10.5. The van der Waals surface area contributed by atoms with Crippen molar-refractivity contribution in [1.82, 2.24) is 15.1 Å². The van der Waals surface area contributed by atoms with Gasteiger partial charge in [0.1, 0.15) is 0 Å². The average molecular weight is 195 g/mol. The average Bonchev–Trinajstić information content (AvgIpc) is 2.56. The van der Waals surface area contributed by atoms with Crippen LogP contribution in [0.5, 0.6) is 0 Å². The van der Waals surface area contributed by atoms with Gasteiger partial charge in [-0.3, -0.25) is 4.68 Å². The van der Waals surface area contributed by atoms with Gasteiger partial charge in [-0.15, -0.1) is 0 Å². The van der Waals surface area contributed by atoms with Gasteiger partial charge in [0.25, 0.3) is 0 Å². The molecule has 0 radical (unpaired) electrons. The molecule has 14 heavy (non-hydrogen) atoms. The van der Waals surface area contributed by atoms with E-state index >= 15 is 0 Å². The van der Waals surface area contributed by atoms with Gasteiger partial charge in [0.2, 0.25) is 0 Å². The molecule has 1 rings (SSSR count). The second-order valence-electron chi connectivity index (χ2n) is 3.76. The molecular weight excluding hydrogens is 174 g/mol. The normalized spacial score (nSPS) is 13.1. The smallest absolute Gasteiger partial charge is 0.0638 e. The fraction of sp³-hybridized carbons (Fsp3) is 0.727. The van der Waals surface area contributed by atoms with Crippen LogP contribution in [0.1, 0.15) is 44.5 Å². The molecule has 0 bridgehead atoms. The topological polar surface area (TPSA) is 29.9 Å². The molecule has 0 fully saturated rings. The fourth-order valence-corrected chi connectivity index (χ4v) is 1.37. The lowest BCUT2D eigenvalue weighted by Crippen LogP contribution is -2.11. The largest absolute Gasteiger partial charge is 0.313 e. The summed E-state index contributed by atoms with van der Waals surface area (Å²) < 4.78 is 2.07. The molecular formula is C11H21N3. The predicted octanol–water partition coefficient (Wildman–Crippen LogP) is 2.27. The van der Waals surface area contributed by atoms with E-state index < -0.39 is 0 Å². The second kappa shape index (κ2) is 5.15. The molecule has 0 aliphatic rings. The molecule has 1 atom stereocenters. The minimum atomic E-state index is 0.504. The summed E-state index contributed by atoms with van der Waals surface area (Å²) in [6.07, 6.45) is 3.29. The maximum atomic E-state index is 4.51. The molecule has 0 saturated carbocycles. The molecule has 3 nitrogen and oxygen atoms in total. The first-order valence-corrected chi connectivity index (χ1v) is 5.44. The van der Waals surface area contributed by atoms with Crippen LogP contribution < -0.4 is 5.32 Å². The molecule has 0 aliphatic heterocycles. The van der Waals surface area contributed by atoms with Gasteiger partial charge in [-0.25, -0.2) is 0 Å². The van der Waals surface area contributed by atoms with E-state index in [9.17, 15) is 0 Å². The minimum Gasteiger partial charge on any atom is -0.313 e. The van der Waals surface area contributed by atoms with Crippen LogP contribution >= 0.6 is 0 Å². The molecule has 1 aromatic rings. The molecule has 0 aliphatic carbocycles. The summed E-state index contributed by atoms with van der Waals surface area (Å²) in [5, 5.41) is 7.83. The first-order valence-electron chi connectivity index (χ1n) is 5.44. The number of hydrogen-bond donors (Lipinski definition) is 1. The van der Waals surface area contributed by atoms with E-state index in [1.54, 1.807) is 0 Å². The van der Waals surface area contributed by atoms with Crippen molar-refractivity contribution >= 4 is 0 Å². The Morgan fingerprint density at radius 3 is 2.79 bits per heavy atom. The highest BCUT2D eigenvalue weighted by Gasteiger charge is 2.07. The lowest BCUT2D eigenvalue weighted by atomic mass is 10.2. The van der Waals surface area contributed by atoms with E-state index in [1.807, 2.05) is 0 Å². The third kappa shape index (κ3) is 2.58. The van der Waals surface area contributed by atoms with Crippen molar-refractivity contribution < 1.29 is 0 Å². The van der Waals surface area contributed by atoms with E-state index in [1.165, 1.54) is 5.56 Å². The van der Waals surface area contributed by atoms with Gasteiger partial charge in [0, 0.05) is 24.3 Å². The monoisotopic (exact) mass is 195 g/mol. The highest BCUT2D eigenvalue weighted by atomic mass is 15.3. The van der Waals surface area contributed by atoms with Crippen LogP contribution in [-0.4, -0.2) is 16.3 Å². The van der Waals surface area contributed by atoms with Gasteiger partial charge >= 0.3 is 0 Å². The van der Waals surface area contributed by atoms with Crippen molar-refractivity contribution in [2.45, 2.75) is 46.7 Å². The summed E-state index contributed by atoms with van der Waals surface area (Å²) in [6, 6.07) is 0.504. The second-order valence-corrected chi connectivity index (χ2v) is 3.76. The van der Waals surface area contributed by atoms with Crippen molar-refractivity contribution in [1.29, 1.82) is 0 Å². The molecule has 3 heteroatoms. The highest BCUT2D eigenvalue weighted by molar-refractivity contribution is 5.15. The molecule has 0 saturated heterocycles. The fourth-order valence-electron chi connectivity index (χ4n) is 1.37. The van der Waals surface area contributed by atoms with Crippen molar-refractivity contribution in [3.05, 3.63) is 17.5 Å². The first-order chi connectivity index (χ1) is 6.69. The zero-order valence-electron chi connectivity index (χ0n) is 9.67. The number of aryl methyl sites for hydroxylation is 1. The van der Waals surface area contributed by atoms with E-state index in [-0.39, 0.29) is 0 Å².